The van der Waals surface area contributed by atoms with Crippen molar-refractivity contribution >= 4 is 16.5 Å². The highest BCUT2D eigenvalue weighted by atomic mass is 16.3. The van der Waals surface area contributed by atoms with Crippen LogP contribution in [0.1, 0.15) is 12.7 Å². The Morgan fingerprint density at radius 3 is 2.93 bits per heavy atom. The van der Waals surface area contributed by atoms with E-state index in [0.717, 1.165) is 22.3 Å². The number of allylic oxidation sites excluding steroid dienone is 2. The monoisotopic (exact) mass is 183 g/mol. The van der Waals surface area contributed by atoms with Crippen molar-refractivity contribution in [3.05, 3.63) is 42.2 Å². The number of para-hydroxylation sites is 1. The van der Waals surface area contributed by atoms with Crippen LogP contribution in [0.2, 0.25) is 0 Å². The van der Waals surface area contributed by atoms with Gasteiger partial charge in [-0.15, -0.1) is 0 Å². The molecular formula is C12H9NO. The number of nitriles is 1. The van der Waals surface area contributed by atoms with Crippen LogP contribution in [0.3, 0.4) is 0 Å². The Labute approximate surface area is 82.1 Å². The number of hydrogen-bond acceptors (Lipinski definition) is 2. The average molecular weight is 183 g/mol. The molecule has 2 rings (SSSR count). The summed E-state index contributed by atoms with van der Waals surface area (Å²) in [6.07, 6.45) is 1.48. The van der Waals surface area contributed by atoms with Gasteiger partial charge < -0.3 is 4.42 Å². The first-order chi connectivity index (χ1) is 6.81. The number of rotatable bonds is 1. The number of fused-ring (bicyclic) bond motifs is 1. The van der Waals surface area contributed by atoms with E-state index in [4.69, 9.17) is 9.68 Å². The first-order valence-electron chi connectivity index (χ1n) is 4.36. The van der Waals surface area contributed by atoms with Crippen LogP contribution in [0.4, 0.5) is 0 Å². The summed E-state index contributed by atoms with van der Waals surface area (Å²) in [6.45, 7) is 1.86. The third kappa shape index (κ3) is 1.40. The Bertz CT molecular complexity index is 495. The molecule has 68 valence electrons. The van der Waals surface area contributed by atoms with Crippen LogP contribution < -0.4 is 0 Å². The van der Waals surface area contributed by atoms with Crippen LogP contribution in [-0.4, -0.2) is 0 Å². The second kappa shape index (κ2) is 3.39. The zero-order chi connectivity index (χ0) is 9.97. The fourth-order valence-electron chi connectivity index (χ4n) is 1.34. The van der Waals surface area contributed by atoms with Gasteiger partial charge in [0.2, 0.25) is 0 Å². The lowest BCUT2D eigenvalue weighted by Gasteiger charge is -1.89. The van der Waals surface area contributed by atoms with E-state index in [1.54, 1.807) is 0 Å². The number of hydrogen-bond donors (Lipinski definition) is 0. The summed E-state index contributed by atoms with van der Waals surface area (Å²) >= 11 is 0. The lowest BCUT2D eigenvalue weighted by Crippen LogP contribution is -1.70. The van der Waals surface area contributed by atoms with Gasteiger partial charge in [0.1, 0.15) is 11.3 Å². The van der Waals surface area contributed by atoms with Crippen molar-refractivity contribution < 1.29 is 4.42 Å². The summed E-state index contributed by atoms with van der Waals surface area (Å²) in [5, 5.41) is 9.57. The molecule has 0 aliphatic heterocycles. The van der Waals surface area contributed by atoms with Crippen molar-refractivity contribution in [3.8, 4) is 6.07 Å². The second-order valence-corrected chi connectivity index (χ2v) is 3.10. The first kappa shape index (κ1) is 8.58. The molecule has 1 heterocycles. The predicted molar refractivity (Wildman–Crippen MR) is 55.5 cm³/mol. The summed E-state index contributed by atoms with van der Waals surface area (Å²) in [6, 6.07) is 11.7. The zero-order valence-corrected chi connectivity index (χ0v) is 7.82. The Balaban J connectivity index is 2.57. The van der Waals surface area contributed by atoms with E-state index < -0.39 is 0 Å². The van der Waals surface area contributed by atoms with E-state index in [9.17, 15) is 0 Å². The van der Waals surface area contributed by atoms with Gasteiger partial charge in [0.15, 0.2) is 0 Å². The van der Waals surface area contributed by atoms with Gasteiger partial charge in [-0.2, -0.15) is 5.26 Å². The minimum absolute atomic E-state index is 0.757. The van der Waals surface area contributed by atoms with Crippen LogP contribution in [-0.2, 0) is 0 Å². The largest absolute Gasteiger partial charge is 0.456 e. The Kier molecular flexibility index (Phi) is 2.08. The summed E-state index contributed by atoms with van der Waals surface area (Å²) in [7, 11) is 0. The molecule has 1 aromatic heterocycles. The topological polar surface area (TPSA) is 36.9 Å². The minimum Gasteiger partial charge on any atom is -0.456 e. The average Bonchev–Trinajstić information content (AvgIpc) is 2.61. The zero-order valence-electron chi connectivity index (χ0n) is 7.82. The van der Waals surface area contributed by atoms with Gasteiger partial charge in [-0.05, 0) is 19.1 Å². The molecule has 0 bridgehead atoms. The Hall–Kier alpha value is -2.01. The van der Waals surface area contributed by atoms with Crippen molar-refractivity contribution in [1.82, 2.24) is 0 Å². The molecule has 0 aliphatic rings. The molecule has 0 saturated carbocycles. The fraction of sp³-hybridized carbons (Fsp3) is 0.0833. The number of furan rings is 1. The lowest BCUT2D eigenvalue weighted by atomic mass is 10.2. The summed E-state index contributed by atoms with van der Waals surface area (Å²) < 4.78 is 5.56. The van der Waals surface area contributed by atoms with Crippen molar-refractivity contribution in [3.63, 3.8) is 0 Å². The predicted octanol–water partition coefficient (Wildman–Crippen LogP) is 3.36. The highest BCUT2D eigenvalue weighted by molar-refractivity contribution is 5.81. The summed E-state index contributed by atoms with van der Waals surface area (Å²) in [4.78, 5) is 0. The molecule has 2 aromatic rings. The quantitative estimate of drug-likeness (QED) is 0.635. The molecule has 0 amide bonds. The van der Waals surface area contributed by atoms with Crippen LogP contribution >= 0.6 is 0 Å². The Morgan fingerprint density at radius 2 is 2.21 bits per heavy atom. The van der Waals surface area contributed by atoms with Crippen LogP contribution in [0.5, 0.6) is 0 Å². The fourth-order valence-corrected chi connectivity index (χ4v) is 1.34. The molecular weight excluding hydrogens is 174 g/mol. The van der Waals surface area contributed by atoms with Gasteiger partial charge in [0.25, 0.3) is 0 Å². The standard InChI is InChI=1S/C12H9NO/c1-9(6-7-13)12-8-10-4-2-3-5-11(10)14-12/h2-6,8H,1H3/b9-6-. The first-order valence-corrected chi connectivity index (χ1v) is 4.36. The highest BCUT2D eigenvalue weighted by Crippen LogP contribution is 2.23. The maximum atomic E-state index is 8.50. The van der Waals surface area contributed by atoms with Gasteiger partial charge in [0, 0.05) is 17.0 Å². The van der Waals surface area contributed by atoms with Crippen molar-refractivity contribution in [2.45, 2.75) is 6.92 Å². The SMILES string of the molecule is C/C(=C/C#N)c1cc2ccccc2o1. The molecule has 2 heteroatoms. The second-order valence-electron chi connectivity index (χ2n) is 3.10. The molecule has 2 nitrogen and oxygen atoms in total. The van der Waals surface area contributed by atoms with E-state index in [1.807, 2.05) is 43.3 Å². The van der Waals surface area contributed by atoms with Crippen molar-refractivity contribution in [2.24, 2.45) is 0 Å². The van der Waals surface area contributed by atoms with Crippen molar-refractivity contribution in [2.75, 3.05) is 0 Å². The third-order valence-electron chi connectivity index (χ3n) is 2.10. The molecule has 0 saturated heterocycles. The molecule has 0 N–H and O–H groups in total. The van der Waals surface area contributed by atoms with E-state index in [1.165, 1.54) is 6.08 Å². The molecule has 1 aromatic carbocycles. The van der Waals surface area contributed by atoms with E-state index in [0.29, 0.717) is 0 Å². The molecule has 14 heavy (non-hydrogen) atoms. The summed E-state index contributed by atoms with van der Waals surface area (Å²) in [5.74, 6) is 0.757. The van der Waals surface area contributed by atoms with Gasteiger partial charge in [-0.3, -0.25) is 0 Å². The molecule has 0 unspecified atom stereocenters. The van der Waals surface area contributed by atoms with Gasteiger partial charge in [-0.25, -0.2) is 0 Å². The molecule has 0 aliphatic carbocycles. The molecule has 0 fully saturated rings. The van der Waals surface area contributed by atoms with Crippen molar-refractivity contribution in [1.29, 1.82) is 5.26 Å². The molecule has 0 spiro atoms. The maximum absolute atomic E-state index is 8.50. The van der Waals surface area contributed by atoms with Crippen LogP contribution in [0, 0.1) is 11.3 Å². The maximum Gasteiger partial charge on any atom is 0.134 e. The third-order valence-corrected chi connectivity index (χ3v) is 2.10. The smallest absolute Gasteiger partial charge is 0.134 e. The van der Waals surface area contributed by atoms with E-state index in [-0.39, 0.29) is 0 Å². The summed E-state index contributed by atoms with van der Waals surface area (Å²) in [5.41, 5.74) is 1.71. The van der Waals surface area contributed by atoms with Gasteiger partial charge in [-0.1, -0.05) is 18.2 Å². The van der Waals surface area contributed by atoms with E-state index >= 15 is 0 Å². The van der Waals surface area contributed by atoms with Gasteiger partial charge >= 0.3 is 0 Å². The molecule has 0 atom stereocenters. The highest BCUT2D eigenvalue weighted by Gasteiger charge is 2.03. The van der Waals surface area contributed by atoms with Crippen LogP contribution in [0.15, 0.2) is 40.8 Å². The normalized spacial score (nSPS) is 11.6. The number of benzene rings is 1. The van der Waals surface area contributed by atoms with E-state index in [2.05, 4.69) is 0 Å². The van der Waals surface area contributed by atoms with Crippen LogP contribution in [0.25, 0.3) is 16.5 Å². The number of nitrogens with zero attached hydrogens (tertiary/aromatic N) is 1. The minimum atomic E-state index is 0.757. The molecule has 0 radical (unpaired) electrons. The lowest BCUT2D eigenvalue weighted by molar-refractivity contribution is 0.599. The Morgan fingerprint density at radius 1 is 1.43 bits per heavy atom. The van der Waals surface area contributed by atoms with Gasteiger partial charge in [0.05, 0.1) is 6.07 Å².